The molecule has 0 aromatic heterocycles. The summed E-state index contributed by atoms with van der Waals surface area (Å²) >= 11 is 1.97. The number of amides is 1. The molecule has 0 spiro atoms. The Kier molecular flexibility index (Phi) is 6.10. The van der Waals surface area contributed by atoms with Crippen LogP contribution < -0.4 is 10.6 Å². The minimum Gasteiger partial charge on any atom is -0.355 e. The van der Waals surface area contributed by atoms with Crippen molar-refractivity contribution in [2.45, 2.75) is 43.9 Å². The fourth-order valence-electron chi connectivity index (χ4n) is 2.00. The molecule has 0 saturated heterocycles. The Morgan fingerprint density at radius 3 is 2.53 bits per heavy atom. The van der Waals surface area contributed by atoms with Crippen molar-refractivity contribution in [2.75, 3.05) is 19.3 Å². The van der Waals surface area contributed by atoms with E-state index >= 15 is 0 Å². The largest absolute Gasteiger partial charge is 0.355 e. The van der Waals surface area contributed by atoms with Gasteiger partial charge in [0, 0.05) is 17.8 Å². The Hall–Kier alpha value is -0.220. The molecule has 0 aliphatic heterocycles. The van der Waals surface area contributed by atoms with Gasteiger partial charge in [0.05, 0.1) is 6.54 Å². The fourth-order valence-corrected chi connectivity index (χ4v) is 2.74. The summed E-state index contributed by atoms with van der Waals surface area (Å²) in [4.78, 5) is 11.2. The van der Waals surface area contributed by atoms with Crippen LogP contribution in [0.3, 0.4) is 0 Å². The highest BCUT2D eigenvalue weighted by Crippen LogP contribution is 2.26. The zero-order chi connectivity index (χ0) is 11.1. The van der Waals surface area contributed by atoms with Gasteiger partial charge in [-0.3, -0.25) is 4.79 Å². The number of hydrogen-bond donors (Lipinski definition) is 2. The van der Waals surface area contributed by atoms with Gasteiger partial charge in [-0.15, -0.1) is 0 Å². The zero-order valence-corrected chi connectivity index (χ0v) is 10.5. The molecule has 0 aromatic carbocycles. The van der Waals surface area contributed by atoms with Crippen LogP contribution in [-0.4, -0.2) is 36.5 Å². The number of thioether (sulfide) groups is 1. The molecule has 0 radical (unpaired) electrons. The second-order valence-electron chi connectivity index (χ2n) is 4.04. The summed E-state index contributed by atoms with van der Waals surface area (Å²) in [5, 5.41) is 6.97. The van der Waals surface area contributed by atoms with Crippen molar-refractivity contribution in [3.8, 4) is 0 Å². The van der Waals surface area contributed by atoms with E-state index in [1.165, 1.54) is 25.7 Å². The van der Waals surface area contributed by atoms with E-state index in [1.54, 1.807) is 0 Å². The molecular weight excluding hydrogens is 208 g/mol. The second-order valence-corrected chi connectivity index (χ2v) is 5.18. The minimum absolute atomic E-state index is 0.115. The fraction of sp³-hybridized carbons (Fsp3) is 0.909. The second kappa shape index (κ2) is 7.12. The number of rotatable bonds is 5. The highest BCUT2D eigenvalue weighted by atomic mass is 32.2. The average molecular weight is 230 g/mol. The standard InChI is InChI=1S/C11H22N2OS/c1-3-12-11(14)8-13-9-4-6-10(15-2)7-5-9/h9-10,13H,3-8H2,1-2H3,(H,12,14). The summed E-state index contributed by atoms with van der Waals surface area (Å²) in [6, 6.07) is 0.552. The van der Waals surface area contributed by atoms with Crippen LogP contribution in [0.2, 0.25) is 0 Å². The topological polar surface area (TPSA) is 41.1 Å². The normalized spacial score (nSPS) is 26.3. The van der Waals surface area contributed by atoms with E-state index in [0.29, 0.717) is 12.6 Å². The van der Waals surface area contributed by atoms with E-state index in [-0.39, 0.29) is 5.91 Å². The van der Waals surface area contributed by atoms with Crippen molar-refractivity contribution < 1.29 is 4.79 Å². The molecule has 3 nitrogen and oxygen atoms in total. The quantitative estimate of drug-likeness (QED) is 0.750. The Morgan fingerprint density at radius 2 is 2.00 bits per heavy atom. The molecule has 4 heteroatoms. The van der Waals surface area contributed by atoms with E-state index in [9.17, 15) is 4.79 Å². The van der Waals surface area contributed by atoms with E-state index in [1.807, 2.05) is 18.7 Å². The third kappa shape index (κ3) is 4.89. The van der Waals surface area contributed by atoms with Crippen LogP contribution in [0.15, 0.2) is 0 Å². The summed E-state index contributed by atoms with van der Waals surface area (Å²) in [6.45, 7) is 3.14. The van der Waals surface area contributed by atoms with Crippen LogP contribution >= 0.6 is 11.8 Å². The number of hydrogen-bond acceptors (Lipinski definition) is 3. The summed E-state index contributed by atoms with van der Waals surface area (Å²) in [5.41, 5.74) is 0. The Balaban J connectivity index is 2.10. The van der Waals surface area contributed by atoms with Crippen LogP contribution in [0.4, 0.5) is 0 Å². The Labute approximate surface area is 96.8 Å². The lowest BCUT2D eigenvalue weighted by molar-refractivity contribution is -0.120. The summed E-state index contributed by atoms with van der Waals surface area (Å²) in [6.07, 6.45) is 7.19. The first kappa shape index (κ1) is 12.8. The van der Waals surface area contributed by atoms with Gasteiger partial charge >= 0.3 is 0 Å². The van der Waals surface area contributed by atoms with Crippen molar-refractivity contribution in [3.05, 3.63) is 0 Å². The van der Waals surface area contributed by atoms with E-state index in [4.69, 9.17) is 0 Å². The average Bonchev–Trinajstić information content (AvgIpc) is 2.27. The molecular formula is C11H22N2OS. The van der Waals surface area contributed by atoms with Crippen molar-refractivity contribution in [1.82, 2.24) is 10.6 Å². The van der Waals surface area contributed by atoms with Crippen LogP contribution in [0.1, 0.15) is 32.6 Å². The van der Waals surface area contributed by atoms with Gasteiger partial charge in [0.1, 0.15) is 0 Å². The predicted molar refractivity (Wildman–Crippen MR) is 66.2 cm³/mol. The van der Waals surface area contributed by atoms with Crippen LogP contribution in [0, 0.1) is 0 Å². The first-order valence-corrected chi connectivity index (χ1v) is 7.08. The first-order chi connectivity index (χ1) is 7.26. The lowest BCUT2D eigenvalue weighted by atomic mass is 9.95. The lowest BCUT2D eigenvalue weighted by Crippen LogP contribution is -2.41. The summed E-state index contributed by atoms with van der Waals surface area (Å²) < 4.78 is 0. The first-order valence-electron chi connectivity index (χ1n) is 5.79. The molecule has 15 heavy (non-hydrogen) atoms. The number of nitrogens with one attached hydrogen (secondary N) is 2. The molecule has 2 N–H and O–H groups in total. The van der Waals surface area contributed by atoms with Gasteiger partial charge < -0.3 is 10.6 Å². The van der Waals surface area contributed by atoms with Crippen molar-refractivity contribution in [1.29, 1.82) is 0 Å². The van der Waals surface area contributed by atoms with E-state index < -0.39 is 0 Å². The Bertz CT molecular complexity index is 191. The van der Waals surface area contributed by atoms with Gasteiger partial charge in [0.15, 0.2) is 0 Å². The number of carbonyl (C=O) groups is 1. The SMILES string of the molecule is CCNC(=O)CNC1CCC(SC)CC1. The highest BCUT2D eigenvalue weighted by Gasteiger charge is 2.20. The molecule has 1 aliphatic rings. The summed E-state index contributed by atoms with van der Waals surface area (Å²) in [5.74, 6) is 0.115. The van der Waals surface area contributed by atoms with Crippen molar-refractivity contribution in [2.24, 2.45) is 0 Å². The maximum Gasteiger partial charge on any atom is 0.233 e. The lowest BCUT2D eigenvalue weighted by Gasteiger charge is -2.27. The van der Waals surface area contributed by atoms with Gasteiger partial charge in [0.2, 0.25) is 5.91 Å². The van der Waals surface area contributed by atoms with Crippen molar-refractivity contribution >= 4 is 17.7 Å². The van der Waals surface area contributed by atoms with Gasteiger partial charge in [-0.25, -0.2) is 0 Å². The van der Waals surface area contributed by atoms with Crippen molar-refractivity contribution in [3.63, 3.8) is 0 Å². The molecule has 0 aromatic rings. The van der Waals surface area contributed by atoms with E-state index in [0.717, 1.165) is 11.8 Å². The Morgan fingerprint density at radius 1 is 1.33 bits per heavy atom. The smallest absolute Gasteiger partial charge is 0.233 e. The van der Waals surface area contributed by atoms with Crippen LogP contribution in [-0.2, 0) is 4.79 Å². The van der Waals surface area contributed by atoms with Gasteiger partial charge in [-0.1, -0.05) is 0 Å². The monoisotopic (exact) mass is 230 g/mol. The number of carbonyl (C=O) groups excluding carboxylic acids is 1. The van der Waals surface area contributed by atoms with Gasteiger partial charge in [-0.2, -0.15) is 11.8 Å². The predicted octanol–water partition coefficient (Wildman–Crippen LogP) is 1.39. The summed E-state index contributed by atoms with van der Waals surface area (Å²) in [7, 11) is 0. The van der Waals surface area contributed by atoms with Crippen LogP contribution in [0.25, 0.3) is 0 Å². The maximum atomic E-state index is 11.2. The third-order valence-electron chi connectivity index (χ3n) is 2.93. The highest BCUT2D eigenvalue weighted by molar-refractivity contribution is 7.99. The van der Waals surface area contributed by atoms with Gasteiger partial charge in [-0.05, 0) is 38.9 Å². The molecule has 1 saturated carbocycles. The molecule has 1 aliphatic carbocycles. The third-order valence-corrected chi connectivity index (χ3v) is 4.07. The molecule has 0 bridgehead atoms. The molecule has 1 fully saturated rings. The molecule has 0 unspecified atom stereocenters. The van der Waals surface area contributed by atoms with E-state index in [2.05, 4.69) is 16.9 Å². The van der Waals surface area contributed by atoms with Crippen LogP contribution in [0.5, 0.6) is 0 Å². The minimum atomic E-state index is 0.115. The molecule has 0 atom stereocenters. The molecule has 1 rings (SSSR count). The number of likely N-dealkylation sites (N-methyl/N-ethyl adjacent to an activating group) is 1. The molecule has 1 amide bonds. The van der Waals surface area contributed by atoms with Gasteiger partial charge in [0.25, 0.3) is 0 Å². The maximum absolute atomic E-state index is 11.2. The molecule has 0 heterocycles. The molecule has 88 valence electrons. The zero-order valence-electron chi connectivity index (χ0n) is 9.71.